The number of imidazole rings is 1. The van der Waals surface area contributed by atoms with E-state index in [9.17, 15) is 12.8 Å². The number of fused-ring (bicyclic) bond motifs is 2. The summed E-state index contributed by atoms with van der Waals surface area (Å²) < 4.78 is 41.9. The fraction of sp³-hybridized carbons (Fsp3) is 0.154. The van der Waals surface area contributed by atoms with E-state index in [0.29, 0.717) is 22.3 Å². The first-order chi connectivity index (χ1) is 18.2. The third kappa shape index (κ3) is 4.33. The summed E-state index contributed by atoms with van der Waals surface area (Å²) in [5, 5.41) is 9.12. The van der Waals surface area contributed by atoms with Crippen LogP contribution in [0.4, 0.5) is 4.39 Å². The van der Waals surface area contributed by atoms with E-state index in [4.69, 9.17) is 0 Å². The van der Waals surface area contributed by atoms with Crippen LogP contribution in [0.15, 0.2) is 55.1 Å². The molecule has 0 spiro atoms. The largest absolute Gasteiger partial charge is 0.352 e. The molecular weight excluding hydrogens is 507 g/mol. The van der Waals surface area contributed by atoms with Crippen LogP contribution in [0.5, 0.6) is 0 Å². The molecule has 0 fully saturated rings. The fourth-order valence-electron chi connectivity index (χ4n) is 4.55. The van der Waals surface area contributed by atoms with Crippen molar-refractivity contribution in [1.82, 2.24) is 39.4 Å². The van der Waals surface area contributed by atoms with Gasteiger partial charge in [0.05, 0.1) is 41.2 Å². The first-order valence-corrected chi connectivity index (χ1v) is 13.6. The Morgan fingerprint density at radius 2 is 1.84 bits per heavy atom. The van der Waals surface area contributed by atoms with E-state index in [1.165, 1.54) is 12.1 Å². The lowest BCUT2D eigenvalue weighted by molar-refractivity contribution is 0.586. The number of hydrogen-bond acceptors (Lipinski definition) is 6. The lowest BCUT2D eigenvalue weighted by Crippen LogP contribution is -2.21. The average Bonchev–Trinajstić information content (AvgIpc) is 3.58. The SMILES string of the molecule is Cc1ncc(-c2cnc3n[nH]c(-c4cc5c(-c6cc(F)cc(CNS(C)(=O)=O)c6)cncc5[nH]4)c3c2)n1C. The highest BCUT2D eigenvalue weighted by Crippen LogP contribution is 2.35. The number of H-pyrrole nitrogens is 2. The highest BCUT2D eigenvalue weighted by atomic mass is 32.2. The van der Waals surface area contributed by atoms with Crippen LogP contribution in [0.25, 0.3) is 55.7 Å². The maximum Gasteiger partial charge on any atom is 0.209 e. The lowest BCUT2D eigenvalue weighted by atomic mass is 10.0. The number of pyridine rings is 2. The molecule has 0 aliphatic rings. The zero-order valence-electron chi connectivity index (χ0n) is 20.7. The number of hydrogen-bond donors (Lipinski definition) is 3. The van der Waals surface area contributed by atoms with Gasteiger partial charge in [-0.2, -0.15) is 5.10 Å². The quantitative estimate of drug-likeness (QED) is 0.297. The topological polar surface area (TPSA) is 134 Å². The Morgan fingerprint density at radius 1 is 1.00 bits per heavy atom. The van der Waals surface area contributed by atoms with E-state index in [1.54, 1.807) is 24.7 Å². The summed E-state index contributed by atoms with van der Waals surface area (Å²) in [6.45, 7) is 1.93. The normalized spacial score (nSPS) is 12.1. The van der Waals surface area contributed by atoms with Crippen LogP contribution in [0.2, 0.25) is 0 Å². The number of rotatable bonds is 6. The second-order valence-electron chi connectivity index (χ2n) is 9.22. The number of nitrogens with zero attached hydrogens (tertiary/aromatic N) is 5. The Morgan fingerprint density at radius 3 is 2.61 bits per heavy atom. The first kappa shape index (κ1) is 23.9. The van der Waals surface area contributed by atoms with Gasteiger partial charge >= 0.3 is 0 Å². The van der Waals surface area contributed by atoms with E-state index >= 15 is 0 Å². The number of benzene rings is 1. The van der Waals surface area contributed by atoms with Crippen molar-refractivity contribution in [2.45, 2.75) is 13.5 Å². The molecule has 5 aromatic heterocycles. The molecule has 0 aliphatic heterocycles. The molecule has 10 nitrogen and oxygen atoms in total. The minimum Gasteiger partial charge on any atom is -0.352 e. The molecule has 5 heterocycles. The zero-order valence-corrected chi connectivity index (χ0v) is 21.6. The van der Waals surface area contributed by atoms with Crippen LogP contribution in [0, 0.1) is 12.7 Å². The zero-order chi connectivity index (χ0) is 26.6. The van der Waals surface area contributed by atoms with Crippen molar-refractivity contribution in [2.24, 2.45) is 7.05 Å². The van der Waals surface area contributed by atoms with Crippen molar-refractivity contribution in [3.05, 3.63) is 72.3 Å². The van der Waals surface area contributed by atoms with Crippen LogP contribution in [0.3, 0.4) is 0 Å². The molecular formula is C26H23FN8O2S. The predicted octanol–water partition coefficient (Wildman–Crippen LogP) is 4.07. The number of sulfonamides is 1. The van der Waals surface area contributed by atoms with Gasteiger partial charge in [-0.25, -0.2) is 27.5 Å². The number of nitrogens with one attached hydrogen (secondary N) is 3. The van der Waals surface area contributed by atoms with E-state index in [1.807, 2.05) is 36.9 Å². The van der Waals surface area contributed by atoms with Gasteiger partial charge in [0.1, 0.15) is 11.6 Å². The molecule has 0 saturated heterocycles. The van der Waals surface area contributed by atoms with Gasteiger partial charge in [-0.1, -0.05) is 0 Å². The van der Waals surface area contributed by atoms with E-state index in [2.05, 4.69) is 34.9 Å². The van der Waals surface area contributed by atoms with Gasteiger partial charge in [-0.05, 0) is 48.4 Å². The molecule has 0 amide bonds. The Balaban J connectivity index is 1.44. The molecule has 38 heavy (non-hydrogen) atoms. The van der Waals surface area contributed by atoms with Crippen molar-refractivity contribution in [1.29, 1.82) is 0 Å². The molecule has 0 bridgehead atoms. The molecule has 0 radical (unpaired) electrons. The van der Waals surface area contributed by atoms with Crippen molar-refractivity contribution in [3.63, 3.8) is 0 Å². The first-order valence-electron chi connectivity index (χ1n) is 11.7. The standard InChI is InChI=1S/C26H23FN8O2S/c1-14-29-13-24(35(14)2)17-7-20-25(33-34-26(20)30-10-17)22-8-19-21(11-28-12-23(19)32-22)16-4-15(5-18(27)6-16)9-31-38(3,36)37/h4-8,10-13,31-32H,9H2,1-3H3,(H,30,33,34). The minimum atomic E-state index is -3.42. The highest BCUT2D eigenvalue weighted by Gasteiger charge is 2.17. The number of aromatic amines is 2. The molecule has 0 saturated carbocycles. The van der Waals surface area contributed by atoms with Gasteiger partial charge in [-0.15, -0.1) is 0 Å². The van der Waals surface area contributed by atoms with Gasteiger partial charge in [-0.3, -0.25) is 10.1 Å². The Hall–Kier alpha value is -4.42. The Kier molecular flexibility index (Phi) is 5.58. The summed E-state index contributed by atoms with van der Waals surface area (Å²) in [4.78, 5) is 16.6. The number of aryl methyl sites for hydroxylation is 1. The summed E-state index contributed by atoms with van der Waals surface area (Å²) in [5.74, 6) is 0.430. The van der Waals surface area contributed by atoms with Gasteiger partial charge in [0.25, 0.3) is 0 Å². The second-order valence-corrected chi connectivity index (χ2v) is 11.0. The third-order valence-electron chi connectivity index (χ3n) is 6.55. The fourth-order valence-corrected chi connectivity index (χ4v) is 4.98. The van der Waals surface area contributed by atoms with Crippen LogP contribution in [-0.4, -0.2) is 49.4 Å². The monoisotopic (exact) mass is 530 g/mol. The lowest BCUT2D eigenvalue weighted by Gasteiger charge is -2.08. The predicted molar refractivity (Wildman–Crippen MR) is 143 cm³/mol. The molecule has 3 N–H and O–H groups in total. The van der Waals surface area contributed by atoms with E-state index < -0.39 is 15.8 Å². The molecule has 0 unspecified atom stereocenters. The highest BCUT2D eigenvalue weighted by molar-refractivity contribution is 7.88. The van der Waals surface area contributed by atoms with Crippen molar-refractivity contribution in [3.8, 4) is 33.8 Å². The third-order valence-corrected chi connectivity index (χ3v) is 7.22. The summed E-state index contributed by atoms with van der Waals surface area (Å²) in [6, 6.07) is 8.45. The average molecular weight is 531 g/mol. The second kappa shape index (κ2) is 8.85. The number of halogens is 1. The minimum absolute atomic E-state index is 0.0168. The molecule has 0 aliphatic carbocycles. The van der Waals surface area contributed by atoms with Gasteiger partial charge in [0.2, 0.25) is 10.0 Å². The maximum atomic E-state index is 14.5. The smallest absolute Gasteiger partial charge is 0.209 e. The van der Waals surface area contributed by atoms with Gasteiger partial charge < -0.3 is 9.55 Å². The summed E-state index contributed by atoms with van der Waals surface area (Å²) in [6.07, 6.45) is 8.02. The maximum absolute atomic E-state index is 14.5. The van der Waals surface area contributed by atoms with Gasteiger partial charge in [0, 0.05) is 47.9 Å². The molecule has 1 aromatic carbocycles. The number of aromatic nitrogens is 7. The molecule has 6 rings (SSSR count). The summed E-state index contributed by atoms with van der Waals surface area (Å²) in [5.41, 5.74) is 6.51. The van der Waals surface area contributed by atoms with Gasteiger partial charge in [0.15, 0.2) is 5.65 Å². The van der Waals surface area contributed by atoms with Crippen LogP contribution < -0.4 is 4.72 Å². The van der Waals surface area contributed by atoms with E-state index in [-0.39, 0.29) is 6.54 Å². The van der Waals surface area contributed by atoms with Crippen LogP contribution >= 0.6 is 0 Å². The van der Waals surface area contributed by atoms with Crippen molar-refractivity contribution < 1.29 is 12.8 Å². The molecule has 0 atom stereocenters. The van der Waals surface area contributed by atoms with E-state index in [0.717, 1.165) is 51.0 Å². The Labute approximate surface area is 217 Å². The molecule has 6 aromatic rings. The van der Waals surface area contributed by atoms with Crippen LogP contribution in [0.1, 0.15) is 11.4 Å². The summed E-state index contributed by atoms with van der Waals surface area (Å²) >= 11 is 0. The van der Waals surface area contributed by atoms with Crippen molar-refractivity contribution >= 4 is 32.0 Å². The van der Waals surface area contributed by atoms with Crippen LogP contribution in [-0.2, 0) is 23.6 Å². The Bertz CT molecular complexity index is 1960. The van der Waals surface area contributed by atoms with Crippen molar-refractivity contribution in [2.75, 3.05) is 6.26 Å². The molecule has 12 heteroatoms. The summed E-state index contributed by atoms with van der Waals surface area (Å²) in [7, 11) is -1.46. The molecule has 192 valence electrons.